The van der Waals surface area contributed by atoms with E-state index in [9.17, 15) is 4.79 Å². The van der Waals surface area contributed by atoms with Crippen LogP contribution < -0.4 is 5.32 Å². The maximum Gasteiger partial charge on any atom is 0.207 e. The van der Waals surface area contributed by atoms with Crippen LogP contribution in [0.15, 0.2) is 0 Å². The molecule has 0 aromatic rings. The normalized spacial score (nSPS) is 31.1. The lowest BCUT2D eigenvalue weighted by molar-refractivity contribution is -0.109. The van der Waals surface area contributed by atoms with Gasteiger partial charge in [-0.3, -0.25) is 4.79 Å². The average molecular weight is 145 g/mol. The molecule has 1 aliphatic rings. The van der Waals surface area contributed by atoms with E-state index >= 15 is 0 Å². The summed E-state index contributed by atoms with van der Waals surface area (Å²) in [5.74, 6) is 0.0326. The SMILES string of the molecule is O=CN[C@H]1C[C@@H]1C(O)=S. The Balaban J connectivity index is 2.24. The molecule has 0 aromatic carbocycles. The van der Waals surface area contributed by atoms with E-state index in [4.69, 9.17) is 5.11 Å². The zero-order valence-corrected chi connectivity index (χ0v) is 5.52. The van der Waals surface area contributed by atoms with Crippen LogP contribution in [0.3, 0.4) is 0 Å². The number of thiocarbonyl (C=S) groups is 1. The molecule has 50 valence electrons. The molecule has 0 saturated heterocycles. The molecular formula is C5H7NO2S. The second kappa shape index (κ2) is 2.31. The molecule has 1 saturated carbocycles. The number of aliphatic hydroxyl groups excluding tert-OH is 1. The molecule has 9 heavy (non-hydrogen) atoms. The minimum atomic E-state index is 0.00866. The molecule has 2 N–H and O–H groups in total. The molecule has 0 spiro atoms. The molecule has 1 aliphatic carbocycles. The first-order valence-electron chi connectivity index (χ1n) is 2.68. The van der Waals surface area contributed by atoms with Gasteiger partial charge in [0.25, 0.3) is 0 Å². The van der Waals surface area contributed by atoms with Crippen molar-refractivity contribution < 1.29 is 9.90 Å². The van der Waals surface area contributed by atoms with Crippen molar-refractivity contribution in [1.29, 1.82) is 0 Å². The summed E-state index contributed by atoms with van der Waals surface area (Å²) in [6, 6.07) is 0.0972. The Morgan fingerprint density at radius 1 is 1.89 bits per heavy atom. The fourth-order valence-electron chi connectivity index (χ4n) is 0.740. The third-order valence-corrected chi connectivity index (χ3v) is 1.69. The van der Waals surface area contributed by atoms with Crippen molar-refractivity contribution >= 4 is 23.7 Å². The highest BCUT2D eigenvalue weighted by Gasteiger charge is 2.40. The predicted molar refractivity (Wildman–Crippen MR) is 36.3 cm³/mol. The van der Waals surface area contributed by atoms with Crippen LogP contribution in [0.25, 0.3) is 0 Å². The molecule has 3 nitrogen and oxygen atoms in total. The molecule has 1 rings (SSSR count). The van der Waals surface area contributed by atoms with Gasteiger partial charge in [-0.1, -0.05) is 0 Å². The number of carbonyl (C=O) groups is 1. The number of carbonyl (C=O) groups excluding carboxylic acids is 1. The van der Waals surface area contributed by atoms with E-state index in [2.05, 4.69) is 17.5 Å². The quantitative estimate of drug-likeness (QED) is 0.434. The molecule has 1 fully saturated rings. The van der Waals surface area contributed by atoms with Crippen LogP contribution in [-0.2, 0) is 4.79 Å². The Morgan fingerprint density at radius 2 is 2.56 bits per heavy atom. The number of amides is 1. The first-order valence-corrected chi connectivity index (χ1v) is 3.09. The maximum absolute atomic E-state index is 9.79. The van der Waals surface area contributed by atoms with Crippen LogP contribution >= 0.6 is 12.2 Å². The van der Waals surface area contributed by atoms with E-state index in [0.717, 1.165) is 6.42 Å². The number of rotatable bonds is 3. The van der Waals surface area contributed by atoms with Crippen molar-refractivity contribution in [3.05, 3.63) is 0 Å². The van der Waals surface area contributed by atoms with Crippen molar-refractivity contribution in [1.82, 2.24) is 5.32 Å². The van der Waals surface area contributed by atoms with E-state index in [1.807, 2.05) is 0 Å². The third-order valence-electron chi connectivity index (χ3n) is 1.39. The van der Waals surface area contributed by atoms with Crippen LogP contribution in [0, 0.1) is 5.92 Å². The van der Waals surface area contributed by atoms with Gasteiger partial charge in [0.05, 0.1) is 0 Å². The van der Waals surface area contributed by atoms with Crippen LogP contribution in [0.4, 0.5) is 0 Å². The van der Waals surface area contributed by atoms with Gasteiger partial charge in [-0.05, 0) is 18.6 Å². The summed E-state index contributed by atoms with van der Waals surface area (Å²) >= 11 is 4.47. The third kappa shape index (κ3) is 1.38. The van der Waals surface area contributed by atoms with Gasteiger partial charge in [0.1, 0.15) is 0 Å². The highest BCUT2D eigenvalue weighted by molar-refractivity contribution is 7.80. The van der Waals surface area contributed by atoms with Crippen LogP contribution in [0.5, 0.6) is 0 Å². The standard InChI is InChI=1S/C5H7NO2S/c7-2-6-4-1-3(4)5(8)9/h2-4H,1H2,(H,6,7)(H,8,9)/t3-,4-/m0/s1. The van der Waals surface area contributed by atoms with Gasteiger partial charge in [-0.15, -0.1) is 0 Å². The molecule has 1 amide bonds. The van der Waals surface area contributed by atoms with E-state index in [-0.39, 0.29) is 17.0 Å². The van der Waals surface area contributed by atoms with Gasteiger partial charge in [0.2, 0.25) is 6.41 Å². The lowest BCUT2D eigenvalue weighted by Crippen LogP contribution is -2.17. The summed E-state index contributed by atoms with van der Waals surface area (Å²) in [7, 11) is 0. The summed E-state index contributed by atoms with van der Waals surface area (Å²) < 4.78 is 0. The second-order valence-corrected chi connectivity index (χ2v) is 2.49. The number of hydrogen-bond donors (Lipinski definition) is 2. The van der Waals surface area contributed by atoms with Crippen molar-refractivity contribution in [2.45, 2.75) is 12.5 Å². The number of nitrogens with one attached hydrogen (secondary N) is 1. The highest BCUT2D eigenvalue weighted by Crippen LogP contribution is 2.30. The Labute approximate surface area is 58.1 Å². The van der Waals surface area contributed by atoms with Crippen molar-refractivity contribution in [2.75, 3.05) is 0 Å². The first-order chi connectivity index (χ1) is 4.25. The van der Waals surface area contributed by atoms with Gasteiger partial charge in [0.15, 0.2) is 5.05 Å². The van der Waals surface area contributed by atoms with Gasteiger partial charge < -0.3 is 10.4 Å². The molecule has 2 atom stereocenters. The molecule has 0 bridgehead atoms. The van der Waals surface area contributed by atoms with E-state index < -0.39 is 0 Å². The second-order valence-electron chi connectivity index (χ2n) is 2.07. The topological polar surface area (TPSA) is 49.3 Å². The van der Waals surface area contributed by atoms with Gasteiger partial charge >= 0.3 is 0 Å². The molecule has 0 unspecified atom stereocenters. The smallest absolute Gasteiger partial charge is 0.207 e. The Kier molecular flexibility index (Phi) is 1.66. The van der Waals surface area contributed by atoms with Crippen LogP contribution in [0.1, 0.15) is 6.42 Å². The molecule has 4 heteroatoms. The molecule has 0 aliphatic heterocycles. The molecule has 0 heterocycles. The maximum atomic E-state index is 9.79. The number of hydrogen-bond acceptors (Lipinski definition) is 2. The molecular weight excluding hydrogens is 138 g/mol. The summed E-state index contributed by atoms with van der Waals surface area (Å²) in [4.78, 5) is 9.79. The van der Waals surface area contributed by atoms with Gasteiger partial charge in [-0.25, -0.2) is 0 Å². The predicted octanol–water partition coefficient (Wildman–Crippen LogP) is 0.00630. The van der Waals surface area contributed by atoms with Crippen LogP contribution in [-0.4, -0.2) is 22.6 Å². The van der Waals surface area contributed by atoms with Gasteiger partial charge in [0, 0.05) is 12.0 Å². The lowest BCUT2D eigenvalue weighted by Gasteiger charge is -1.91. The minimum absolute atomic E-state index is 0.00866. The monoisotopic (exact) mass is 145 g/mol. The number of aliphatic hydroxyl groups is 1. The Hall–Kier alpha value is -0.640. The summed E-state index contributed by atoms with van der Waals surface area (Å²) in [5.41, 5.74) is 0. The van der Waals surface area contributed by atoms with Crippen molar-refractivity contribution in [3.63, 3.8) is 0 Å². The largest absolute Gasteiger partial charge is 0.502 e. The van der Waals surface area contributed by atoms with E-state index in [0.29, 0.717) is 6.41 Å². The first kappa shape index (κ1) is 6.48. The fourth-order valence-corrected chi connectivity index (χ4v) is 1.00. The molecule has 0 radical (unpaired) electrons. The van der Waals surface area contributed by atoms with E-state index in [1.54, 1.807) is 0 Å². The Morgan fingerprint density at radius 3 is 2.89 bits per heavy atom. The molecule has 0 aromatic heterocycles. The zero-order chi connectivity index (χ0) is 6.85. The van der Waals surface area contributed by atoms with Crippen molar-refractivity contribution in [2.24, 2.45) is 5.92 Å². The minimum Gasteiger partial charge on any atom is -0.502 e. The summed E-state index contributed by atoms with van der Waals surface area (Å²) in [6.07, 6.45) is 1.41. The van der Waals surface area contributed by atoms with Crippen molar-refractivity contribution in [3.8, 4) is 0 Å². The zero-order valence-electron chi connectivity index (χ0n) is 4.70. The Bertz CT molecular complexity index is 148. The van der Waals surface area contributed by atoms with Crippen LogP contribution in [0.2, 0.25) is 0 Å². The fraction of sp³-hybridized carbons (Fsp3) is 0.600. The average Bonchev–Trinajstić information content (AvgIpc) is 2.47. The summed E-state index contributed by atoms with van der Waals surface area (Å²) in [5, 5.41) is 11.2. The van der Waals surface area contributed by atoms with Gasteiger partial charge in [-0.2, -0.15) is 0 Å². The highest BCUT2D eigenvalue weighted by atomic mass is 32.1. The summed E-state index contributed by atoms with van der Waals surface area (Å²) in [6.45, 7) is 0. The lowest BCUT2D eigenvalue weighted by atomic mass is 10.4. The van der Waals surface area contributed by atoms with E-state index in [1.165, 1.54) is 0 Å².